The molecule has 3 atom stereocenters. The first-order chi connectivity index (χ1) is 16.9. The van der Waals surface area contributed by atoms with E-state index in [4.69, 9.17) is 4.74 Å². The maximum Gasteiger partial charge on any atom is 0.276 e. The summed E-state index contributed by atoms with van der Waals surface area (Å²) in [5.74, 6) is -1.60. The van der Waals surface area contributed by atoms with E-state index in [0.29, 0.717) is 17.9 Å². The van der Waals surface area contributed by atoms with Crippen molar-refractivity contribution in [3.63, 3.8) is 0 Å². The van der Waals surface area contributed by atoms with E-state index in [1.54, 1.807) is 18.2 Å². The molecular weight excluding hydrogens is 460 g/mol. The van der Waals surface area contributed by atoms with Gasteiger partial charge >= 0.3 is 0 Å². The Morgan fingerprint density at radius 1 is 1.29 bits per heavy atom. The summed E-state index contributed by atoms with van der Waals surface area (Å²) in [6.45, 7) is 0.372. The van der Waals surface area contributed by atoms with E-state index >= 15 is 0 Å². The molecule has 0 radical (unpaired) electrons. The summed E-state index contributed by atoms with van der Waals surface area (Å²) >= 11 is 0. The highest BCUT2D eigenvalue weighted by atomic mass is 16.5. The van der Waals surface area contributed by atoms with Crippen LogP contribution in [0.15, 0.2) is 24.4 Å². The Kier molecular flexibility index (Phi) is 6.05. The zero-order valence-electron chi connectivity index (χ0n) is 18.7. The van der Waals surface area contributed by atoms with E-state index in [-0.39, 0.29) is 50.0 Å². The van der Waals surface area contributed by atoms with E-state index in [1.165, 1.54) is 20.7 Å². The van der Waals surface area contributed by atoms with Crippen molar-refractivity contribution in [3.8, 4) is 5.69 Å². The van der Waals surface area contributed by atoms with Crippen LogP contribution in [-0.4, -0.2) is 103 Å². The molecule has 4 amide bonds. The molecule has 4 heterocycles. The SMILES string of the molecule is O=C1CCC(N2Cc3ccc(-n4cc(C(=O)N5CCOC[C@@H]5[C@@H](O)CO)nn4)cc3C2=O)C(=O)N1. The molecule has 5 rings (SSSR count). The number of carbonyl (C=O) groups excluding carboxylic acids is 4. The minimum absolute atomic E-state index is 0.0408. The molecule has 3 N–H and O–H groups in total. The van der Waals surface area contributed by atoms with Gasteiger partial charge in [-0.3, -0.25) is 24.5 Å². The Balaban J connectivity index is 1.35. The lowest BCUT2D eigenvalue weighted by Gasteiger charge is -2.37. The van der Waals surface area contributed by atoms with Gasteiger partial charge in [0.1, 0.15) is 6.04 Å². The van der Waals surface area contributed by atoms with Crippen LogP contribution in [0.1, 0.15) is 39.3 Å². The van der Waals surface area contributed by atoms with Gasteiger partial charge in [0.05, 0.1) is 43.9 Å². The molecule has 0 aliphatic carbocycles. The van der Waals surface area contributed by atoms with Gasteiger partial charge in [0, 0.05) is 25.1 Å². The minimum atomic E-state index is -1.15. The molecule has 3 aliphatic heterocycles. The summed E-state index contributed by atoms with van der Waals surface area (Å²) < 4.78 is 6.70. The van der Waals surface area contributed by atoms with Crippen molar-refractivity contribution in [2.45, 2.75) is 37.6 Å². The maximum atomic E-state index is 13.1. The summed E-state index contributed by atoms with van der Waals surface area (Å²) in [5, 5.41) is 29.6. The summed E-state index contributed by atoms with van der Waals surface area (Å²) in [4.78, 5) is 52.6. The third-order valence-electron chi connectivity index (χ3n) is 6.55. The number of hydrogen-bond donors (Lipinski definition) is 3. The van der Waals surface area contributed by atoms with Crippen LogP contribution in [0, 0.1) is 0 Å². The highest BCUT2D eigenvalue weighted by Gasteiger charge is 2.39. The molecule has 0 saturated carbocycles. The molecule has 13 nitrogen and oxygen atoms in total. The van der Waals surface area contributed by atoms with Crippen LogP contribution < -0.4 is 5.32 Å². The number of piperidine rings is 1. The lowest BCUT2D eigenvalue weighted by molar-refractivity contribution is -0.136. The summed E-state index contributed by atoms with van der Waals surface area (Å²) in [6.07, 6.45) is 0.736. The molecule has 184 valence electrons. The largest absolute Gasteiger partial charge is 0.394 e. The molecule has 35 heavy (non-hydrogen) atoms. The summed E-state index contributed by atoms with van der Waals surface area (Å²) in [6, 6.07) is 3.70. The first-order valence-electron chi connectivity index (χ1n) is 11.3. The van der Waals surface area contributed by atoms with Crippen molar-refractivity contribution < 1.29 is 34.1 Å². The number of nitrogens with zero attached hydrogens (tertiary/aromatic N) is 5. The molecule has 3 aliphatic rings. The first kappa shape index (κ1) is 23.1. The number of fused-ring (bicyclic) bond motifs is 1. The number of nitrogens with one attached hydrogen (secondary N) is 1. The predicted octanol–water partition coefficient (Wildman–Crippen LogP) is -1.78. The molecule has 1 aromatic carbocycles. The standard InChI is InChI=1S/C22H24N6O7/c29-10-18(30)17-11-35-6-5-26(17)22(34)15-9-28(25-24-15)13-2-1-12-8-27(21(33)14(12)7-13)16-3-4-19(31)23-20(16)32/h1-2,7,9,16-18,29-30H,3-6,8,10-11H2,(H,23,31,32)/t16?,17-,18+/m1/s1. The number of aliphatic hydroxyl groups excluding tert-OH is 2. The topological polar surface area (TPSA) is 167 Å². The fraction of sp³-hybridized carbons (Fsp3) is 0.455. The molecule has 0 spiro atoms. The third-order valence-corrected chi connectivity index (χ3v) is 6.55. The van der Waals surface area contributed by atoms with Crippen LogP contribution >= 0.6 is 0 Å². The number of rotatable bonds is 5. The summed E-state index contributed by atoms with van der Waals surface area (Å²) in [5.41, 5.74) is 1.70. The number of carbonyl (C=O) groups is 4. The van der Waals surface area contributed by atoms with E-state index in [0.717, 1.165) is 5.56 Å². The van der Waals surface area contributed by atoms with Gasteiger partial charge in [-0.25, -0.2) is 4.68 Å². The maximum absolute atomic E-state index is 13.1. The van der Waals surface area contributed by atoms with Gasteiger partial charge in [-0.1, -0.05) is 11.3 Å². The second-order valence-corrected chi connectivity index (χ2v) is 8.68. The third kappa shape index (κ3) is 4.17. The van der Waals surface area contributed by atoms with Gasteiger partial charge in [0.15, 0.2) is 5.69 Å². The number of amides is 4. The Bertz CT molecular complexity index is 1200. The average molecular weight is 484 g/mol. The number of aliphatic hydroxyl groups is 2. The number of benzene rings is 1. The van der Waals surface area contributed by atoms with E-state index < -0.39 is 36.6 Å². The smallest absolute Gasteiger partial charge is 0.276 e. The van der Waals surface area contributed by atoms with Crippen LogP contribution in [0.25, 0.3) is 5.69 Å². The molecule has 1 unspecified atom stereocenters. The highest BCUT2D eigenvalue weighted by molar-refractivity contribution is 6.05. The Hall–Kier alpha value is -3.68. The van der Waals surface area contributed by atoms with Crippen LogP contribution in [0.4, 0.5) is 0 Å². The van der Waals surface area contributed by atoms with Gasteiger partial charge in [-0.05, 0) is 24.1 Å². The van der Waals surface area contributed by atoms with Gasteiger partial charge in [-0.15, -0.1) is 5.10 Å². The normalized spacial score (nSPS) is 23.3. The van der Waals surface area contributed by atoms with Crippen LogP contribution in [0.5, 0.6) is 0 Å². The Morgan fingerprint density at radius 3 is 2.89 bits per heavy atom. The van der Waals surface area contributed by atoms with E-state index in [9.17, 15) is 29.4 Å². The fourth-order valence-electron chi connectivity index (χ4n) is 4.64. The van der Waals surface area contributed by atoms with Crippen molar-refractivity contribution in [2.75, 3.05) is 26.4 Å². The van der Waals surface area contributed by atoms with Crippen molar-refractivity contribution in [1.82, 2.24) is 30.1 Å². The van der Waals surface area contributed by atoms with Crippen molar-refractivity contribution in [3.05, 3.63) is 41.2 Å². The second kappa shape index (κ2) is 9.17. The molecule has 1 aromatic heterocycles. The zero-order valence-corrected chi connectivity index (χ0v) is 18.7. The monoisotopic (exact) mass is 484 g/mol. The van der Waals surface area contributed by atoms with Crippen molar-refractivity contribution in [1.29, 1.82) is 0 Å². The molecule has 2 saturated heterocycles. The number of ether oxygens (including phenoxy) is 1. The van der Waals surface area contributed by atoms with Gasteiger partial charge < -0.3 is 24.7 Å². The number of imide groups is 1. The number of hydrogen-bond acceptors (Lipinski definition) is 9. The second-order valence-electron chi connectivity index (χ2n) is 8.68. The van der Waals surface area contributed by atoms with Crippen molar-refractivity contribution in [2.24, 2.45) is 0 Å². The van der Waals surface area contributed by atoms with Gasteiger partial charge in [0.2, 0.25) is 11.8 Å². The fourth-order valence-corrected chi connectivity index (χ4v) is 4.64. The van der Waals surface area contributed by atoms with Crippen LogP contribution in [0.3, 0.4) is 0 Å². The lowest BCUT2D eigenvalue weighted by atomic mass is 10.0. The quantitative estimate of drug-likeness (QED) is 0.416. The summed E-state index contributed by atoms with van der Waals surface area (Å²) in [7, 11) is 0. The van der Waals surface area contributed by atoms with Crippen LogP contribution in [-0.2, 0) is 20.9 Å². The Morgan fingerprint density at radius 2 is 2.11 bits per heavy atom. The van der Waals surface area contributed by atoms with Gasteiger partial charge in [-0.2, -0.15) is 0 Å². The molecule has 2 fully saturated rings. The van der Waals surface area contributed by atoms with E-state index in [1.807, 2.05) is 0 Å². The molecule has 13 heteroatoms. The number of morpholine rings is 1. The lowest BCUT2D eigenvalue weighted by Crippen LogP contribution is -2.55. The zero-order chi connectivity index (χ0) is 24.7. The van der Waals surface area contributed by atoms with E-state index in [2.05, 4.69) is 15.6 Å². The van der Waals surface area contributed by atoms with Crippen molar-refractivity contribution >= 4 is 23.6 Å². The predicted molar refractivity (Wildman–Crippen MR) is 116 cm³/mol. The van der Waals surface area contributed by atoms with Crippen LogP contribution in [0.2, 0.25) is 0 Å². The number of aromatic nitrogens is 3. The molecule has 2 aromatic rings. The van der Waals surface area contributed by atoms with Gasteiger partial charge in [0.25, 0.3) is 11.8 Å². The molecule has 0 bridgehead atoms. The minimum Gasteiger partial charge on any atom is -0.394 e. The molecular formula is C22H24N6O7. The Labute approximate surface area is 199 Å². The highest BCUT2D eigenvalue weighted by Crippen LogP contribution is 2.29. The average Bonchev–Trinajstić information content (AvgIpc) is 3.48. The first-order valence-corrected chi connectivity index (χ1v) is 11.3.